The lowest BCUT2D eigenvalue weighted by Crippen LogP contribution is -2.27. The smallest absolute Gasteiger partial charge is 0.292 e. The predicted octanol–water partition coefficient (Wildman–Crippen LogP) is 2.27. The van der Waals surface area contributed by atoms with Gasteiger partial charge in [0.2, 0.25) is 0 Å². The normalized spacial score (nSPS) is 11.6. The number of nitrogens with one attached hydrogen (secondary N) is 1. The lowest BCUT2D eigenvalue weighted by molar-refractivity contribution is 0.0949. The van der Waals surface area contributed by atoms with Gasteiger partial charge in [-0.05, 0) is 30.7 Å². The van der Waals surface area contributed by atoms with Crippen LogP contribution in [-0.4, -0.2) is 31.0 Å². The van der Waals surface area contributed by atoms with Gasteiger partial charge in [-0.2, -0.15) is 10.2 Å². The second-order valence-electron chi connectivity index (χ2n) is 6.48. The van der Waals surface area contributed by atoms with Crippen LogP contribution in [0.15, 0.2) is 77.1 Å². The van der Waals surface area contributed by atoms with Gasteiger partial charge in [0, 0.05) is 30.5 Å². The van der Waals surface area contributed by atoms with Crippen molar-refractivity contribution in [2.24, 2.45) is 12.1 Å². The molecule has 2 aromatic heterocycles. The maximum atomic E-state index is 12.7. The van der Waals surface area contributed by atoms with Crippen LogP contribution in [0.4, 0.5) is 0 Å². The molecular weight excluding hydrogens is 368 g/mol. The van der Waals surface area contributed by atoms with Gasteiger partial charge in [0.15, 0.2) is 5.69 Å². The fourth-order valence-corrected chi connectivity index (χ4v) is 3.01. The van der Waals surface area contributed by atoms with E-state index in [1.807, 2.05) is 35.0 Å². The first kappa shape index (κ1) is 18.3. The zero-order chi connectivity index (χ0) is 20.4. The molecule has 0 saturated heterocycles. The average Bonchev–Trinajstić information content (AvgIpc) is 3.29. The van der Waals surface area contributed by atoms with Crippen LogP contribution in [-0.2, 0) is 7.05 Å². The third-order valence-corrected chi connectivity index (χ3v) is 4.58. The van der Waals surface area contributed by atoms with E-state index in [9.17, 15) is 9.59 Å². The fraction of sp³-hybridized carbons (Fsp3) is 0.0952. The number of aromatic nitrogens is 4. The van der Waals surface area contributed by atoms with E-state index in [-0.39, 0.29) is 11.3 Å². The SMILES string of the molecule is C/C(=N\NC(=O)c1nn(C)c(=O)c2ccccc12)c1ccc(-n2ccnc2)cc1. The molecule has 8 heteroatoms. The molecule has 144 valence electrons. The van der Waals surface area contributed by atoms with Gasteiger partial charge < -0.3 is 4.57 Å². The fourth-order valence-electron chi connectivity index (χ4n) is 3.01. The predicted molar refractivity (Wildman–Crippen MR) is 110 cm³/mol. The molecule has 29 heavy (non-hydrogen) atoms. The summed E-state index contributed by atoms with van der Waals surface area (Å²) < 4.78 is 3.05. The topological polar surface area (TPSA) is 94.2 Å². The van der Waals surface area contributed by atoms with Crippen molar-refractivity contribution in [2.75, 3.05) is 0 Å². The Morgan fingerprint density at radius 1 is 1.07 bits per heavy atom. The van der Waals surface area contributed by atoms with E-state index in [0.717, 1.165) is 15.9 Å². The Bertz CT molecular complexity index is 1270. The second-order valence-corrected chi connectivity index (χ2v) is 6.48. The Morgan fingerprint density at radius 3 is 2.48 bits per heavy atom. The maximum absolute atomic E-state index is 12.7. The molecule has 0 saturated carbocycles. The van der Waals surface area contributed by atoms with Gasteiger partial charge in [0.1, 0.15) is 0 Å². The maximum Gasteiger partial charge on any atom is 0.292 e. The zero-order valence-electron chi connectivity index (χ0n) is 15.9. The first-order valence-electron chi connectivity index (χ1n) is 8.94. The first-order valence-corrected chi connectivity index (χ1v) is 8.94. The van der Waals surface area contributed by atoms with Crippen LogP contribution in [0.1, 0.15) is 23.0 Å². The van der Waals surface area contributed by atoms with Crippen LogP contribution in [0.5, 0.6) is 0 Å². The molecular formula is C21H18N6O2. The summed E-state index contributed by atoms with van der Waals surface area (Å²) >= 11 is 0. The Balaban J connectivity index is 1.58. The molecule has 0 bridgehead atoms. The summed E-state index contributed by atoms with van der Waals surface area (Å²) in [7, 11) is 1.52. The molecule has 0 unspecified atom stereocenters. The van der Waals surface area contributed by atoms with Gasteiger partial charge in [0.05, 0.1) is 17.4 Å². The number of imidazole rings is 1. The van der Waals surface area contributed by atoms with Crippen molar-refractivity contribution in [3.63, 3.8) is 0 Å². The minimum atomic E-state index is -0.480. The van der Waals surface area contributed by atoms with E-state index in [2.05, 4.69) is 20.6 Å². The number of hydrogen-bond acceptors (Lipinski definition) is 5. The van der Waals surface area contributed by atoms with Gasteiger partial charge in [-0.15, -0.1) is 0 Å². The lowest BCUT2D eigenvalue weighted by atomic mass is 10.1. The highest BCUT2D eigenvalue weighted by Crippen LogP contribution is 2.13. The number of carbonyl (C=O) groups is 1. The van der Waals surface area contributed by atoms with E-state index >= 15 is 0 Å². The minimum absolute atomic E-state index is 0.148. The number of amides is 1. The summed E-state index contributed by atoms with van der Waals surface area (Å²) in [5.41, 5.74) is 4.91. The van der Waals surface area contributed by atoms with Gasteiger partial charge in [-0.3, -0.25) is 9.59 Å². The number of nitrogens with zero attached hydrogens (tertiary/aromatic N) is 5. The number of hydrogen-bond donors (Lipinski definition) is 1. The van der Waals surface area contributed by atoms with Gasteiger partial charge >= 0.3 is 0 Å². The van der Waals surface area contributed by atoms with E-state index in [4.69, 9.17) is 0 Å². The summed E-state index contributed by atoms with van der Waals surface area (Å²) in [4.78, 5) is 28.9. The number of rotatable bonds is 4. The van der Waals surface area contributed by atoms with Crippen LogP contribution < -0.4 is 11.0 Å². The van der Waals surface area contributed by atoms with Crippen LogP contribution in [0, 0.1) is 0 Å². The van der Waals surface area contributed by atoms with E-state index in [1.54, 1.807) is 43.7 Å². The van der Waals surface area contributed by atoms with Crippen molar-refractivity contribution in [3.8, 4) is 5.69 Å². The van der Waals surface area contributed by atoms with Crippen LogP contribution in [0.3, 0.4) is 0 Å². The van der Waals surface area contributed by atoms with Crippen molar-refractivity contribution in [2.45, 2.75) is 6.92 Å². The van der Waals surface area contributed by atoms with Gasteiger partial charge in [-0.1, -0.05) is 30.3 Å². The summed E-state index contributed by atoms with van der Waals surface area (Å²) in [6, 6.07) is 14.6. The molecule has 4 aromatic rings. The third kappa shape index (κ3) is 3.55. The van der Waals surface area contributed by atoms with Crippen LogP contribution in [0.2, 0.25) is 0 Å². The zero-order valence-corrected chi connectivity index (χ0v) is 15.9. The summed E-state index contributed by atoms with van der Waals surface area (Å²) in [5.74, 6) is -0.480. The summed E-state index contributed by atoms with van der Waals surface area (Å²) in [6.07, 6.45) is 5.30. The van der Waals surface area contributed by atoms with Crippen molar-refractivity contribution in [1.82, 2.24) is 24.8 Å². The lowest BCUT2D eigenvalue weighted by Gasteiger charge is -2.08. The molecule has 0 atom stereocenters. The molecule has 0 aliphatic rings. The summed E-state index contributed by atoms with van der Waals surface area (Å²) in [6.45, 7) is 1.80. The molecule has 0 radical (unpaired) electrons. The number of hydrazone groups is 1. The van der Waals surface area contributed by atoms with Crippen molar-refractivity contribution >= 4 is 22.4 Å². The standard InChI is InChI=1S/C21H18N6O2/c1-14(15-7-9-16(10-8-15)27-12-11-22-13-27)23-24-20(28)19-17-5-3-4-6-18(17)21(29)26(2)25-19/h3-13H,1-2H3,(H,24,28)/b23-14+. The molecule has 0 fully saturated rings. The number of fused-ring (bicyclic) bond motifs is 1. The monoisotopic (exact) mass is 386 g/mol. The molecule has 1 amide bonds. The average molecular weight is 386 g/mol. The quantitative estimate of drug-likeness (QED) is 0.430. The van der Waals surface area contributed by atoms with E-state index in [1.165, 1.54) is 7.05 Å². The number of aryl methyl sites for hydroxylation is 1. The Labute approximate surface area is 166 Å². The third-order valence-electron chi connectivity index (χ3n) is 4.58. The summed E-state index contributed by atoms with van der Waals surface area (Å²) in [5, 5.41) is 9.23. The van der Waals surface area contributed by atoms with Gasteiger partial charge in [0.25, 0.3) is 11.5 Å². The van der Waals surface area contributed by atoms with Crippen molar-refractivity contribution < 1.29 is 4.79 Å². The Hall–Kier alpha value is -4.07. The molecule has 8 nitrogen and oxygen atoms in total. The Morgan fingerprint density at radius 2 is 1.79 bits per heavy atom. The highest BCUT2D eigenvalue weighted by Gasteiger charge is 2.15. The molecule has 2 heterocycles. The highest BCUT2D eigenvalue weighted by atomic mass is 16.2. The molecule has 1 N–H and O–H groups in total. The van der Waals surface area contributed by atoms with Crippen molar-refractivity contribution in [1.29, 1.82) is 0 Å². The molecule has 0 aliphatic carbocycles. The van der Waals surface area contributed by atoms with E-state index in [0.29, 0.717) is 16.5 Å². The van der Waals surface area contributed by atoms with Gasteiger partial charge in [-0.25, -0.2) is 15.1 Å². The molecule has 2 aromatic carbocycles. The van der Waals surface area contributed by atoms with Crippen LogP contribution in [0.25, 0.3) is 16.5 Å². The largest absolute Gasteiger partial charge is 0.306 e. The minimum Gasteiger partial charge on any atom is -0.306 e. The molecule has 0 spiro atoms. The highest BCUT2D eigenvalue weighted by molar-refractivity contribution is 6.06. The second kappa shape index (κ2) is 7.51. The Kier molecular flexibility index (Phi) is 4.74. The molecule has 0 aliphatic heterocycles. The molecule has 4 rings (SSSR count). The number of benzene rings is 2. The van der Waals surface area contributed by atoms with E-state index < -0.39 is 5.91 Å². The van der Waals surface area contributed by atoms with Crippen LogP contribution >= 0.6 is 0 Å². The first-order chi connectivity index (χ1) is 14.0. The van der Waals surface area contributed by atoms with Crippen molar-refractivity contribution in [3.05, 3.63) is 88.9 Å². The number of carbonyl (C=O) groups excluding carboxylic acids is 1.